The van der Waals surface area contributed by atoms with Crippen LogP contribution >= 0.6 is 15.9 Å². The molecule has 0 saturated carbocycles. The topological polar surface area (TPSA) is 88.9 Å². The zero-order chi connectivity index (χ0) is 22.5. The molecule has 2 amide bonds. The van der Waals surface area contributed by atoms with Crippen molar-refractivity contribution in [2.75, 3.05) is 10.6 Å². The number of carbonyl (C=O) groups is 2. The van der Waals surface area contributed by atoms with Crippen molar-refractivity contribution >= 4 is 39.2 Å². The maximum Gasteiger partial charge on any atom is 0.256 e. The summed E-state index contributed by atoms with van der Waals surface area (Å²) in [6.45, 7) is 9.01. The molecule has 0 fully saturated rings. The van der Waals surface area contributed by atoms with Crippen LogP contribution in [-0.4, -0.2) is 26.6 Å². The molecule has 2 N–H and O–H groups in total. The van der Waals surface area contributed by atoms with E-state index >= 15 is 0 Å². The molecule has 0 bridgehead atoms. The minimum atomic E-state index is -0.299. The molecule has 0 aliphatic rings. The molecule has 3 aromatic rings. The smallest absolute Gasteiger partial charge is 0.256 e. The monoisotopic (exact) mass is 483 g/mol. The predicted octanol–water partition coefficient (Wildman–Crippen LogP) is 4.75. The van der Waals surface area contributed by atoms with Crippen LogP contribution in [0.5, 0.6) is 0 Å². The van der Waals surface area contributed by atoms with Gasteiger partial charge in [0.15, 0.2) is 0 Å². The molecule has 7 nitrogen and oxygen atoms in total. The molecule has 0 radical (unpaired) electrons. The standard InChI is InChI=1S/C23H26BrN5O2/c1-14(2)13-29-16(4)20(15(3)28-29)11-22(30)26-19-7-5-6-17(10-19)23(31)27-21-9-8-18(24)12-25-21/h5-10,12,14H,11,13H2,1-4H3,(H,26,30)(H,25,27,31). The first-order chi connectivity index (χ1) is 14.7. The number of rotatable bonds is 7. The molecule has 31 heavy (non-hydrogen) atoms. The zero-order valence-corrected chi connectivity index (χ0v) is 19.7. The van der Waals surface area contributed by atoms with Crippen molar-refractivity contribution in [1.29, 1.82) is 0 Å². The van der Waals surface area contributed by atoms with Gasteiger partial charge in [-0.3, -0.25) is 14.3 Å². The van der Waals surface area contributed by atoms with Crippen molar-refractivity contribution in [3.8, 4) is 0 Å². The van der Waals surface area contributed by atoms with Gasteiger partial charge in [-0.1, -0.05) is 19.9 Å². The van der Waals surface area contributed by atoms with E-state index in [0.717, 1.165) is 28.0 Å². The molecular formula is C23H26BrN5O2. The average Bonchev–Trinajstić information content (AvgIpc) is 2.96. The van der Waals surface area contributed by atoms with Gasteiger partial charge in [-0.25, -0.2) is 4.98 Å². The van der Waals surface area contributed by atoms with E-state index in [2.05, 4.69) is 50.5 Å². The molecule has 0 unspecified atom stereocenters. The Balaban J connectivity index is 1.67. The van der Waals surface area contributed by atoms with E-state index < -0.39 is 0 Å². The molecule has 3 rings (SSSR count). The first-order valence-electron chi connectivity index (χ1n) is 10.1. The van der Waals surface area contributed by atoms with E-state index in [0.29, 0.717) is 23.0 Å². The van der Waals surface area contributed by atoms with Crippen LogP contribution < -0.4 is 10.6 Å². The van der Waals surface area contributed by atoms with E-state index in [4.69, 9.17) is 0 Å². The number of halogens is 1. The number of benzene rings is 1. The van der Waals surface area contributed by atoms with Crippen molar-refractivity contribution in [1.82, 2.24) is 14.8 Å². The molecule has 0 aliphatic heterocycles. The average molecular weight is 484 g/mol. The van der Waals surface area contributed by atoms with E-state index in [1.54, 1.807) is 42.6 Å². The predicted molar refractivity (Wildman–Crippen MR) is 125 cm³/mol. The van der Waals surface area contributed by atoms with Gasteiger partial charge in [0, 0.05) is 39.7 Å². The lowest BCUT2D eigenvalue weighted by atomic mass is 10.1. The fourth-order valence-electron chi connectivity index (χ4n) is 3.26. The maximum atomic E-state index is 12.7. The fraction of sp³-hybridized carbons (Fsp3) is 0.304. The van der Waals surface area contributed by atoms with Crippen molar-refractivity contribution in [3.05, 3.63) is 69.6 Å². The van der Waals surface area contributed by atoms with Crippen LogP contribution in [0.2, 0.25) is 0 Å². The van der Waals surface area contributed by atoms with Crippen LogP contribution in [0.1, 0.15) is 41.2 Å². The van der Waals surface area contributed by atoms with Crippen molar-refractivity contribution in [2.24, 2.45) is 5.92 Å². The number of pyridine rings is 1. The van der Waals surface area contributed by atoms with E-state index in [1.807, 2.05) is 18.5 Å². The summed E-state index contributed by atoms with van der Waals surface area (Å²) in [6, 6.07) is 10.3. The highest BCUT2D eigenvalue weighted by Gasteiger charge is 2.16. The summed E-state index contributed by atoms with van der Waals surface area (Å²) in [5.74, 6) is 0.475. The van der Waals surface area contributed by atoms with Crippen molar-refractivity contribution < 1.29 is 9.59 Å². The molecule has 2 heterocycles. The Kier molecular flexibility index (Phi) is 7.22. The molecular weight excluding hydrogens is 458 g/mol. The van der Waals surface area contributed by atoms with Gasteiger partial charge in [0.05, 0.1) is 12.1 Å². The minimum absolute atomic E-state index is 0.151. The van der Waals surface area contributed by atoms with Gasteiger partial charge in [-0.15, -0.1) is 0 Å². The second kappa shape index (κ2) is 9.87. The third-order valence-electron chi connectivity index (χ3n) is 4.78. The SMILES string of the molecule is Cc1nn(CC(C)C)c(C)c1CC(=O)Nc1cccc(C(=O)Nc2ccc(Br)cn2)c1. The van der Waals surface area contributed by atoms with E-state index in [9.17, 15) is 9.59 Å². The second-order valence-corrected chi connectivity index (χ2v) is 8.76. The number of aromatic nitrogens is 3. The Morgan fingerprint density at radius 1 is 1.13 bits per heavy atom. The summed E-state index contributed by atoms with van der Waals surface area (Å²) in [4.78, 5) is 29.3. The van der Waals surface area contributed by atoms with Gasteiger partial charge in [-0.05, 0) is 66.0 Å². The van der Waals surface area contributed by atoms with Crippen LogP contribution in [0.4, 0.5) is 11.5 Å². The van der Waals surface area contributed by atoms with Gasteiger partial charge in [0.1, 0.15) is 5.82 Å². The maximum absolute atomic E-state index is 12.7. The number of aryl methyl sites for hydroxylation is 1. The quantitative estimate of drug-likeness (QED) is 0.507. The summed E-state index contributed by atoms with van der Waals surface area (Å²) >= 11 is 3.31. The third-order valence-corrected chi connectivity index (χ3v) is 5.25. The molecule has 0 aliphatic carbocycles. The minimum Gasteiger partial charge on any atom is -0.326 e. The zero-order valence-electron chi connectivity index (χ0n) is 18.1. The molecule has 0 spiro atoms. The summed E-state index contributed by atoms with van der Waals surface area (Å²) in [5, 5.41) is 10.2. The summed E-state index contributed by atoms with van der Waals surface area (Å²) in [5.41, 5.74) is 3.80. The fourth-order valence-corrected chi connectivity index (χ4v) is 3.49. The van der Waals surface area contributed by atoms with E-state index in [-0.39, 0.29) is 18.2 Å². The number of nitrogens with zero attached hydrogens (tertiary/aromatic N) is 3. The lowest BCUT2D eigenvalue weighted by Crippen LogP contribution is -2.17. The molecule has 8 heteroatoms. The summed E-state index contributed by atoms with van der Waals surface area (Å²) < 4.78 is 2.79. The number of amides is 2. The van der Waals surface area contributed by atoms with Crippen LogP contribution in [-0.2, 0) is 17.8 Å². The lowest BCUT2D eigenvalue weighted by molar-refractivity contribution is -0.115. The summed E-state index contributed by atoms with van der Waals surface area (Å²) in [6.07, 6.45) is 1.84. The highest BCUT2D eigenvalue weighted by Crippen LogP contribution is 2.18. The number of hydrogen-bond donors (Lipinski definition) is 2. The Hall–Kier alpha value is -3.00. The molecule has 2 aromatic heterocycles. The molecule has 0 atom stereocenters. The normalized spacial score (nSPS) is 10.9. The molecule has 0 saturated heterocycles. The third kappa shape index (κ3) is 6.01. The highest BCUT2D eigenvalue weighted by atomic mass is 79.9. The second-order valence-electron chi connectivity index (χ2n) is 7.85. The first-order valence-corrected chi connectivity index (χ1v) is 10.9. The number of carbonyl (C=O) groups excluding carboxylic acids is 2. The summed E-state index contributed by atoms with van der Waals surface area (Å²) in [7, 11) is 0. The highest BCUT2D eigenvalue weighted by molar-refractivity contribution is 9.10. The van der Waals surface area contributed by atoms with Crippen LogP contribution in [0, 0.1) is 19.8 Å². The van der Waals surface area contributed by atoms with Gasteiger partial charge in [-0.2, -0.15) is 5.10 Å². The number of nitrogens with one attached hydrogen (secondary N) is 2. The van der Waals surface area contributed by atoms with Crippen LogP contribution in [0.25, 0.3) is 0 Å². The Morgan fingerprint density at radius 3 is 2.58 bits per heavy atom. The number of hydrogen-bond acceptors (Lipinski definition) is 4. The van der Waals surface area contributed by atoms with Gasteiger partial charge >= 0.3 is 0 Å². The lowest BCUT2D eigenvalue weighted by Gasteiger charge is -2.09. The Bertz CT molecular complexity index is 1090. The van der Waals surface area contributed by atoms with Crippen LogP contribution in [0.3, 0.4) is 0 Å². The van der Waals surface area contributed by atoms with Gasteiger partial charge in [0.25, 0.3) is 5.91 Å². The van der Waals surface area contributed by atoms with Crippen LogP contribution in [0.15, 0.2) is 47.1 Å². The van der Waals surface area contributed by atoms with Gasteiger partial charge in [0.2, 0.25) is 5.91 Å². The van der Waals surface area contributed by atoms with Gasteiger partial charge < -0.3 is 10.6 Å². The largest absolute Gasteiger partial charge is 0.326 e. The Morgan fingerprint density at radius 2 is 1.90 bits per heavy atom. The van der Waals surface area contributed by atoms with E-state index in [1.165, 1.54) is 0 Å². The Labute approximate surface area is 190 Å². The van der Waals surface area contributed by atoms with Crippen molar-refractivity contribution in [2.45, 2.75) is 40.7 Å². The molecule has 1 aromatic carbocycles. The van der Waals surface area contributed by atoms with Crippen molar-refractivity contribution in [3.63, 3.8) is 0 Å². The first kappa shape index (κ1) is 22.7. The number of anilines is 2. The molecule has 162 valence electrons.